The molecule has 1 N–H and O–H groups in total. The number of carboxylic acids is 1. The van der Waals surface area contributed by atoms with Gasteiger partial charge in [-0.05, 0) is 23.8 Å². The van der Waals surface area contributed by atoms with Gasteiger partial charge in [0.05, 0.1) is 25.4 Å². The summed E-state index contributed by atoms with van der Waals surface area (Å²) in [6, 6.07) is 0.964. The molecule has 4 nitrogen and oxygen atoms in total. The van der Waals surface area contributed by atoms with Crippen LogP contribution >= 0.6 is 10.2 Å². The maximum atomic E-state index is 12.8. The Balaban J connectivity index is 3.17. The zero-order valence-corrected chi connectivity index (χ0v) is 11.6. The molecule has 0 bridgehead atoms. The molecule has 0 radical (unpaired) electrons. The highest BCUT2D eigenvalue weighted by Gasteiger charge is 2.65. The highest BCUT2D eigenvalue weighted by molar-refractivity contribution is 8.45. The maximum Gasteiger partial charge on any atom is 0.335 e. The first-order chi connectivity index (χ1) is 9.33. The molecule has 0 amide bonds. The average molecular weight is 336 g/mol. The van der Waals surface area contributed by atoms with Crippen molar-refractivity contribution in [3.63, 3.8) is 0 Å². The highest BCUT2D eigenvalue weighted by Crippen LogP contribution is 3.02. The number of benzene rings is 1. The first-order valence-corrected chi connectivity index (χ1v) is 7.46. The number of methoxy groups -OCH3 is 1. The number of ether oxygens (including phenoxy) is 2. The normalized spacial score (nSPS) is 15.3. The van der Waals surface area contributed by atoms with Crippen LogP contribution in [0.25, 0.3) is 0 Å². The van der Waals surface area contributed by atoms with Crippen molar-refractivity contribution < 1.29 is 38.8 Å². The summed E-state index contributed by atoms with van der Waals surface area (Å²) < 4.78 is 73.4. The lowest BCUT2D eigenvalue weighted by atomic mass is 10.1. The number of carbonyl (C=O) groups is 1. The third-order valence-corrected chi connectivity index (χ3v) is 3.49. The monoisotopic (exact) mass is 336 g/mol. The van der Waals surface area contributed by atoms with Crippen LogP contribution in [0.4, 0.5) is 19.4 Å². The molecule has 0 spiro atoms. The van der Waals surface area contributed by atoms with Crippen LogP contribution in [-0.2, 0) is 16.1 Å². The van der Waals surface area contributed by atoms with E-state index in [1.807, 2.05) is 0 Å². The average Bonchev–Trinajstić information content (AvgIpc) is 2.31. The molecule has 1 aromatic carbocycles. The molecule has 0 aromatic heterocycles. The summed E-state index contributed by atoms with van der Waals surface area (Å²) in [4.78, 5) is 8.51. The van der Waals surface area contributed by atoms with Crippen molar-refractivity contribution in [2.45, 2.75) is 11.5 Å². The van der Waals surface area contributed by atoms with Gasteiger partial charge in [-0.1, -0.05) is 19.4 Å². The van der Waals surface area contributed by atoms with Crippen LogP contribution in [0.3, 0.4) is 0 Å². The zero-order valence-electron chi connectivity index (χ0n) is 10.8. The Morgan fingerprint density at radius 2 is 1.76 bits per heavy atom. The predicted molar refractivity (Wildman–Crippen MR) is 66.3 cm³/mol. The summed E-state index contributed by atoms with van der Waals surface area (Å²) in [5.41, 5.74) is -1.19. The quantitative estimate of drug-likeness (QED) is 0.599. The molecule has 21 heavy (non-hydrogen) atoms. The van der Waals surface area contributed by atoms with Gasteiger partial charge in [0.25, 0.3) is 0 Å². The summed E-state index contributed by atoms with van der Waals surface area (Å²) in [7, 11) is -8.58. The van der Waals surface area contributed by atoms with Crippen molar-refractivity contribution in [3.05, 3.63) is 29.3 Å². The molecule has 0 saturated heterocycles. The van der Waals surface area contributed by atoms with Gasteiger partial charge >= 0.3 is 16.2 Å². The Morgan fingerprint density at radius 3 is 2.24 bits per heavy atom. The van der Waals surface area contributed by atoms with Crippen molar-refractivity contribution in [3.8, 4) is 0 Å². The van der Waals surface area contributed by atoms with Crippen molar-refractivity contribution in [1.82, 2.24) is 0 Å². The van der Waals surface area contributed by atoms with E-state index in [0.29, 0.717) is 0 Å². The summed E-state index contributed by atoms with van der Waals surface area (Å²) in [6.07, 6.45) is 0. The van der Waals surface area contributed by atoms with Gasteiger partial charge in [0.15, 0.2) is 0 Å². The van der Waals surface area contributed by atoms with E-state index in [9.17, 15) is 24.2 Å². The van der Waals surface area contributed by atoms with E-state index < -0.39 is 33.3 Å². The third kappa shape index (κ3) is 5.48. The fourth-order valence-corrected chi connectivity index (χ4v) is 2.15. The van der Waals surface area contributed by atoms with Crippen LogP contribution < -0.4 is 0 Å². The van der Waals surface area contributed by atoms with E-state index in [4.69, 9.17) is 9.84 Å². The van der Waals surface area contributed by atoms with E-state index in [1.54, 1.807) is 0 Å². The number of hydrogen-bond donors (Lipinski definition) is 1. The van der Waals surface area contributed by atoms with Gasteiger partial charge in [0, 0.05) is 7.11 Å². The lowest BCUT2D eigenvalue weighted by molar-refractivity contribution is 0.0613. The van der Waals surface area contributed by atoms with Crippen LogP contribution in [-0.4, -0.2) is 31.4 Å². The Hall–Kier alpha value is -1.39. The molecule has 0 aliphatic carbocycles. The maximum absolute atomic E-state index is 12.8. The Labute approximate surface area is 117 Å². The summed E-state index contributed by atoms with van der Waals surface area (Å²) in [6.45, 7) is -0.252. The van der Waals surface area contributed by atoms with Crippen LogP contribution in [0.1, 0.15) is 15.9 Å². The lowest BCUT2D eigenvalue weighted by Crippen LogP contribution is -2.10. The molecule has 0 atom stereocenters. The summed E-state index contributed by atoms with van der Waals surface area (Å²) >= 11 is 0. The smallest absolute Gasteiger partial charge is 0.335 e. The Morgan fingerprint density at radius 1 is 1.14 bits per heavy atom. The van der Waals surface area contributed by atoms with Crippen molar-refractivity contribution in [2.75, 3.05) is 20.3 Å². The molecule has 0 aliphatic rings. The van der Waals surface area contributed by atoms with E-state index in [-0.39, 0.29) is 30.9 Å². The van der Waals surface area contributed by atoms with Gasteiger partial charge in [-0.2, -0.15) is 0 Å². The number of aromatic carboxylic acids is 1. The van der Waals surface area contributed by atoms with Gasteiger partial charge in [-0.25, -0.2) is 4.79 Å². The lowest BCUT2D eigenvalue weighted by Gasteiger charge is -2.40. The van der Waals surface area contributed by atoms with Crippen LogP contribution in [0, 0.1) is 0 Å². The molecule has 1 aromatic rings. The van der Waals surface area contributed by atoms with E-state index in [1.165, 1.54) is 7.11 Å². The second-order valence-corrected chi connectivity index (χ2v) is 6.59. The van der Waals surface area contributed by atoms with Gasteiger partial charge in [0.2, 0.25) is 0 Å². The molecule has 122 valence electrons. The molecular formula is C11H13F5O4S. The number of rotatable bonds is 7. The number of hydrogen-bond acceptors (Lipinski definition) is 3. The Bertz CT molecular complexity index is 543. The van der Waals surface area contributed by atoms with E-state index in [0.717, 1.165) is 6.07 Å². The fourth-order valence-electron chi connectivity index (χ4n) is 1.42. The molecule has 1 rings (SSSR count). The van der Waals surface area contributed by atoms with Crippen LogP contribution in [0.15, 0.2) is 23.1 Å². The fraction of sp³-hybridized carbons (Fsp3) is 0.364. The minimum atomic E-state index is -9.95. The second-order valence-electron chi connectivity index (χ2n) is 4.19. The predicted octanol–water partition coefficient (Wildman–Crippen LogP) is 4.21. The topological polar surface area (TPSA) is 55.8 Å². The molecule has 0 saturated carbocycles. The first-order valence-electron chi connectivity index (χ1n) is 5.51. The van der Waals surface area contributed by atoms with Crippen LogP contribution in [0.5, 0.6) is 0 Å². The number of carboxylic acid groups (broad SMARTS) is 1. The second kappa shape index (κ2) is 5.11. The van der Waals surface area contributed by atoms with Crippen molar-refractivity contribution >= 4 is 16.2 Å². The van der Waals surface area contributed by atoms with E-state index in [2.05, 4.69) is 4.74 Å². The largest absolute Gasteiger partial charge is 0.478 e. The minimum Gasteiger partial charge on any atom is -0.478 e. The van der Waals surface area contributed by atoms with Gasteiger partial charge < -0.3 is 14.6 Å². The zero-order chi connectivity index (χ0) is 16.4. The minimum absolute atomic E-state index is 0.0273. The standard InChI is InChI=1S/C11H13F5O4S/c1-19-2-3-20-7-8-4-9(11(17)18)6-10(5-8)21(12,13,14,15)16/h4-6H,2-3,7H2,1H3,(H,17,18). The first kappa shape index (κ1) is 17.7. The van der Waals surface area contributed by atoms with Crippen LogP contribution in [0.2, 0.25) is 0 Å². The summed E-state index contributed by atoms with van der Waals surface area (Å²) in [5.74, 6) is -1.74. The molecule has 10 heteroatoms. The Kier molecular flexibility index (Phi) is 4.30. The van der Waals surface area contributed by atoms with E-state index >= 15 is 0 Å². The third-order valence-electron chi connectivity index (χ3n) is 2.36. The van der Waals surface area contributed by atoms with Gasteiger partial charge in [-0.15, -0.1) is 0 Å². The van der Waals surface area contributed by atoms with Gasteiger partial charge in [0.1, 0.15) is 4.90 Å². The molecule has 0 heterocycles. The SMILES string of the molecule is COCCOCc1cc(C(=O)O)cc(S(F)(F)(F)(F)F)c1. The number of halogens is 5. The highest BCUT2D eigenvalue weighted by atomic mass is 32.5. The molecular weight excluding hydrogens is 323 g/mol. The van der Waals surface area contributed by atoms with Crippen molar-refractivity contribution in [2.24, 2.45) is 0 Å². The summed E-state index contributed by atoms with van der Waals surface area (Å²) in [5, 5.41) is 8.72. The molecule has 0 unspecified atom stereocenters. The molecule has 0 aliphatic heterocycles. The van der Waals surface area contributed by atoms with Crippen molar-refractivity contribution in [1.29, 1.82) is 0 Å². The molecule has 0 fully saturated rings. The van der Waals surface area contributed by atoms with Gasteiger partial charge in [-0.3, -0.25) is 0 Å².